The molecule has 0 radical (unpaired) electrons. The van der Waals surface area contributed by atoms with Crippen LogP contribution in [0.4, 0.5) is 20.9 Å². The van der Waals surface area contributed by atoms with Gasteiger partial charge in [0.1, 0.15) is 5.82 Å². The van der Waals surface area contributed by atoms with Crippen molar-refractivity contribution in [2.24, 2.45) is 0 Å². The fraction of sp³-hybridized carbons (Fsp3) is 0.0714. The van der Waals surface area contributed by atoms with Gasteiger partial charge in [0, 0.05) is 12.7 Å². The van der Waals surface area contributed by atoms with Crippen LogP contribution in [0.15, 0.2) is 42.5 Å². The Labute approximate surface area is 114 Å². The number of para-hydroxylation sites is 1. The number of aromatic nitrogens is 1. The van der Waals surface area contributed by atoms with Gasteiger partial charge in [0.05, 0.1) is 15.9 Å². The molecular weight excluding hydrogens is 261 g/mol. The summed E-state index contributed by atoms with van der Waals surface area (Å²) in [7, 11) is 1.81. The molecule has 0 unspecified atom stereocenters. The predicted molar refractivity (Wildman–Crippen MR) is 78.5 cm³/mol. The Morgan fingerprint density at radius 3 is 2.79 bits per heavy atom. The minimum atomic E-state index is -0.260. The van der Waals surface area contributed by atoms with Crippen LogP contribution in [-0.4, -0.2) is 12.0 Å². The Hall–Kier alpha value is -2.14. The van der Waals surface area contributed by atoms with Crippen molar-refractivity contribution in [3.63, 3.8) is 0 Å². The summed E-state index contributed by atoms with van der Waals surface area (Å²) in [6.45, 7) is 0. The molecule has 96 valence electrons. The lowest BCUT2D eigenvalue weighted by Crippen LogP contribution is -2.10. The van der Waals surface area contributed by atoms with Crippen LogP contribution in [0.3, 0.4) is 0 Å². The van der Waals surface area contributed by atoms with Crippen molar-refractivity contribution < 1.29 is 4.39 Å². The number of rotatable bonds is 2. The second-order valence-electron chi connectivity index (χ2n) is 4.23. The van der Waals surface area contributed by atoms with Crippen molar-refractivity contribution in [2.45, 2.75) is 0 Å². The number of nitrogens with two attached hydrogens (primary N) is 1. The molecule has 0 aliphatic heterocycles. The summed E-state index contributed by atoms with van der Waals surface area (Å²) in [6.07, 6.45) is 0. The van der Waals surface area contributed by atoms with Gasteiger partial charge in [0.15, 0.2) is 5.13 Å². The Balaban J connectivity index is 2.07. The molecule has 0 saturated carbocycles. The molecule has 5 heteroatoms. The monoisotopic (exact) mass is 273 g/mol. The SMILES string of the molecule is CN(c1nc2ccc(N)cc2s1)c1ccccc1F. The smallest absolute Gasteiger partial charge is 0.190 e. The van der Waals surface area contributed by atoms with E-state index in [4.69, 9.17) is 5.73 Å². The highest BCUT2D eigenvalue weighted by Gasteiger charge is 2.13. The quantitative estimate of drug-likeness (QED) is 0.722. The van der Waals surface area contributed by atoms with Gasteiger partial charge in [-0.15, -0.1) is 0 Å². The standard InChI is InChI=1S/C14H12FN3S/c1-18(12-5-3-2-4-10(12)15)14-17-11-7-6-9(16)8-13(11)19-14/h2-8H,16H2,1H3. The van der Waals surface area contributed by atoms with Crippen molar-refractivity contribution in [1.82, 2.24) is 4.98 Å². The molecule has 0 aliphatic rings. The first-order valence-electron chi connectivity index (χ1n) is 5.79. The predicted octanol–water partition coefficient (Wildman–Crippen LogP) is 3.79. The van der Waals surface area contributed by atoms with Gasteiger partial charge in [0.2, 0.25) is 0 Å². The largest absolute Gasteiger partial charge is 0.399 e. The highest BCUT2D eigenvalue weighted by atomic mass is 32.1. The van der Waals surface area contributed by atoms with E-state index in [0.29, 0.717) is 11.4 Å². The van der Waals surface area contributed by atoms with Crippen molar-refractivity contribution in [2.75, 3.05) is 17.7 Å². The zero-order valence-electron chi connectivity index (χ0n) is 10.3. The van der Waals surface area contributed by atoms with Crippen LogP contribution in [0, 0.1) is 5.82 Å². The molecule has 0 atom stereocenters. The molecule has 1 heterocycles. The van der Waals surface area contributed by atoms with Gasteiger partial charge in [0.25, 0.3) is 0 Å². The van der Waals surface area contributed by atoms with Gasteiger partial charge in [-0.2, -0.15) is 0 Å². The van der Waals surface area contributed by atoms with Crippen LogP contribution in [-0.2, 0) is 0 Å². The lowest BCUT2D eigenvalue weighted by Gasteiger charge is -2.16. The van der Waals surface area contributed by atoms with Crippen molar-refractivity contribution in [1.29, 1.82) is 0 Å². The molecular formula is C14H12FN3S. The van der Waals surface area contributed by atoms with E-state index in [1.807, 2.05) is 18.2 Å². The van der Waals surface area contributed by atoms with E-state index < -0.39 is 0 Å². The summed E-state index contributed by atoms with van der Waals surface area (Å²) >= 11 is 1.49. The number of halogens is 1. The molecule has 0 saturated heterocycles. The Morgan fingerprint density at radius 1 is 1.21 bits per heavy atom. The van der Waals surface area contributed by atoms with Crippen molar-refractivity contribution >= 4 is 38.1 Å². The topological polar surface area (TPSA) is 42.2 Å². The summed E-state index contributed by atoms with van der Waals surface area (Å²) in [5, 5.41) is 0.741. The summed E-state index contributed by atoms with van der Waals surface area (Å²) in [6, 6.07) is 12.2. The van der Waals surface area contributed by atoms with E-state index in [-0.39, 0.29) is 5.82 Å². The number of nitrogen functional groups attached to an aromatic ring is 1. The van der Waals surface area contributed by atoms with Crippen molar-refractivity contribution in [3.8, 4) is 0 Å². The Bertz CT molecular complexity index is 738. The normalized spacial score (nSPS) is 10.8. The first kappa shape index (κ1) is 11.9. The fourth-order valence-corrected chi connectivity index (χ4v) is 2.89. The highest BCUT2D eigenvalue weighted by Crippen LogP contribution is 2.33. The zero-order chi connectivity index (χ0) is 13.4. The number of benzene rings is 2. The summed E-state index contributed by atoms with van der Waals surface area (Å²) in [5.74, 6) is -0.260. The molecule has 3 aromatic rings. The fourth-order valence-electron chi connectivity index (χ4n) is 1.90. The summed E-state index contributed by atoms with van der Waals surface area (Å²) < 4.78 is 14.8. The molecule has 1 aromatic heterocycles. The van der Waals surface area contributed by atoms with Crippen LogP contribution < -0.4 is 10.6 Å². The van der Waals surface area contributed by atoms with Gasteiger partial charge >= 0.3 is 0 Å². The van der Waals surface area contributed by atoms with Gasteiger partial charge in [-0.25, -0.2) is 9.37 Å². The van der Waals surface area contributed by atoms with E-state index in [9.17, 15) is 4.39 Å². The maximum atomic E-state index is 13.8. The van der Waals surface area contributed by atoms with Crippen LogP contribution >= 0.6 is 11.3 Å². The average molecular weight is 273 g/mol. The Morgan fingerprint density at radius 2 is 2.00 bits per heavy atom. The molecule has 19 heavy (non-hydrogen) atoms. The number of anilines is 3. The first-order valence-corrected chi connectivity index (χ1v) is 6.61. The average Bonchev–Trinajstić information content (AvgIpc) is 2.81. The van der Waals surface area contributed by atoms with Gasteiger partial charge in [-0.1, -0.05) is 23.5 Å². The molecule has 2 N–H and O–H groups in total. The minimum absolute atomic E-state index is 0.260. The highest BCUT2D eigenvalue weighted by molar-refractivity contribution is 7.22. The molecule has 2 aromatic carbocycles. The second kappa shape index (κ2) is 4.51. The van der Waals surface area contributed by atoms with E-state index in [1.54, 1.807) is 30.1 Å². The number of nitrogens with zero attached hydrogens (tertiary/aromatic N) is 2. The van der Waals surface area contributed by atoms with E-state index in [2.05, 4.69) is 4.98 Å². The van der Waals surface area contributed by atoms with Crippen LogP contribution in [0.5, 0.6) is 0 Å². The maximum Gasteiger partial charge on any atom is 0.190 e. The second-order valence-corrected chi connectivity index (χ2v) is 5.24. The third kappa shape index (κ3) is 2.13. The number of thiazole rings is 1. The van der Waals surface area contributed by atoms with E-state index >= 15 is 0 Å². The molecule has 3 nitrogen and oxygen atoms in total. The molecule has 0 bridgehead atoms. The summed E-state index contributed by atoms with van der Waals surface area (Å²) in [5.41, 5.74) is 7.84. The lowest BCUT2D eigenvalue weighted by molar-refractivity contribution is 0.627. The van der Waals surface area contributed by atoms with Crippen molar-refractivity contribution in [3.05, 3.63) is 48.3 Å². The molecule has 3 rings (SSSR count). The summed E-state index contributed by atoms with van der Waals surface area (Å²) in [4.78, 5) is 6.24. The molecule has 0 fully saturated rings. The molecule has 0 amide bonds. The van der Waals surface area contributed by atoms with Crippen LogP contribution in [0.1, 0.15) is 0 Å². The number of fused-ring (bicyclic) bond motifs is 1. The third-order valence-electron chi connectivity index (χ3n) is 2.90. The minimum Gasteiger partial charge on any atom is -0.399 e. The number of hydrogen-bond donors (Lipinski definition) is 1. The number of hydrogen-bond acceptors (Lipinski definition) is 4. The van der Waals surface area contributed by atoms with E-state index in [0.717, 1.165) is 15.3 Å². The third-order valence-corrected chi connectivity index (χ3v) is 4.00. The molecule has 0 aliphatic carbocycles. The van der Waals surface area contributed by atoms with Crippen LogP contribution in [0.25, 0.3) is 10.2 Å². The van der Waals surface area contributed by atoms with Crippen LogP contribution in [0.2, 0.25) is 0 Å². The zero-order valence-corrected chi connectivity index (χ0v) is 11.1. The molecule has 0 spiro atoms. The van der Waals surface area contributed by atoms with Gasteiger partial charge in [-0.05, 0) is 30.3 Å². The maximum absolute atomic E-state index is 13.8. The van der Waals surface area contributed by atoms with Gasteiger partial charge < -0.3 is 10.6 Å². The Kier molecular flexibility index (Phi) is 2.83. The lowest BCUT2D eigenvalue weighted by atomic mass is 10.3. The van der Waals surface area contributed by atoms with E-state index in [1.165, 1.54) is 17.4 Å². The first-order chi connectivity index (χ1) is 9.15. The van der Waals surface area contributed by atoms with Gasteiger partial charge in [-0.3, -0.25) is 0 Å².